The van der Waals surface area contributed by atoms with Gasteiger partial charge in [0.25, 0.3) is 0 Å². The van der Waals surface area contributed by atoms with Crippen molar-refractivity contribution in [2.75, 3.05) is 0 Å². The molecule has 11 aromatic carbocycles. The van der Waals surface area contributed by atoms with Gasteiger partial charge in [-0.1, -0.05) is 242 Å². The Morgan fingerprint density at radius 1 is 0.466 bits per heavy atom. The average molecular weight is 1200 g/mol. The first-order valence-electron chi connectivity index (χ1n) is 29.6. The molecule has 5 heterocycles. The predicted octanol–water partition coefficient (Wildman–Crippen LogP) is 21.8. The van der Waals surface area contributed by atoms with Crippen LogP contribution in [0.5, 0.6) is 0 Å². The molecule has 0 radical (unpaired) electrons. The minimum absolute atomic E-state index is 0.391. The van der Waals surface area contributed by atoms with Crippen LogP contribution in [0.2, 0.25) is 0 Å². The summed E-state index contributed by atoms with van der Waals surface area (Å²) in [4.78, 5) is 30.3. The van der Waals surface area contributed by atoms with Crippen molar-refractivity contribution in [2.24, 2.45) is 5.92 Å². The molecule has 2 aliphatic rings. The van der Waals surface area contributed by atoms with E-state index < -0.39 is 0 Å². The molecule has 0 fully saturated rings. The highest BCUT2D eigenvalue weighted by atomic mass is 32.2. The minimum Gasteiger partial charge on any atom is -0.292 e. The fourth-order valence-electron chi connectivity index (χ4n) is 13.0. The van der Waals surface area contributed by atoms with Gasteiger partial charge in [-0.05, 0) is 112 Å². The highest BCUT2D eigenvalue weighted by Gasteiger charge is 2.30. The zero-order valence-corrected chi connectivity index (χ0v) is 51.2. The fourth-order valence-corrected chi connectivity index (χ4v) is 17.1. The van der Waals surface area contributed by atoms with Crippen LogP contribution in [0.4, 0.5) is 0 Å². The van der Waals surface area contributed by atoms with Gasteiger partial charge in [0.1, 0.15) is 5.82 Å². The van der Waals surface area contributed by atoms with Crippen molar-refractivity contribution in [3.63, 3.8) is 0 Å². The maximum absolute atomic E-state index is 5.59. The maximum Gasteiger partial charge on any atom is 0.235 e. The van der Waals surface area contributed by atoms with Crippen LogP contribution in [-0.2, 0) is 0 Å². The zero-order valence-electron chi connectivity index (χ0n) is 47.9. The van der Waals surface area contributed by atoms with Crippen molar-refractivity contribution < 1.29 is 0 Å². The first-order valence-corrected chi connectivity index (χ1v) is 32.5. The van der Waals surface area contributed by atoms with E-state index in [4.69, 9.17) is 32.6 Å². The molecule has 418 valence electrons. The van der Waals surface area contributed by atoms with Crippen LogP contribution in [0.1, 0.15) is 24.6 Å². The van der Waals surface area contributed by atoms with E-state index in [1.165, 1.54) is 51.6 Å². The highest BCUT2D eigenvalue weighted by molar-refractivity contribution is 8.05. The van der Waals surface area contributed by atoms with E-state index in [0.717, 1.165) is 116 Å². The van der Waals surface area contributed by atoms with Gasteiger partial charge in [0.15, 0.2) is 5.82 Å². The molecule has 10 heteroatoms. The van der Waals surface area contributed by atoms with Crippen LogP contribution in [0, 0.1) is 12.8 Å². The van der Waals surface area contributed by atoms with Crippen LogP contribution in [0.3, 0.4) is 0 Å². The maximum atomic E-state index is 5.59. The molecule has 0 N–H and O–H groups in total. The molecule has 1 atom stereocenters. The van der Waals surface area contributed by atoms with Crippen molar-refractivity contribution in [1.82, 2.24) is 29.1 Å². The van der Waals surface area contributed by atoms with Gasteiger partial charge in [0.05, 0.1) is 48.9 Å². The third-order valence-corrected chi connectivity index (χ3v) is 21.7. The second-order valence-corrected chi connectivity index (χ2v) is 26.3. The Balaban J connectivity index is 0.891. The summed E-state index contributed by atoms with van der Waals surface area (Å²) < 4.78 is 4.71. The summed E-state index contributed by atoms with van der Waals surface area (Å²) in [5, 5.41) is 9.29. The summed E-state index contributed by atoms with van der Waals surface area (Å²) in [7, 11) is 0. The van der Waals surface area contributed by atoms with Crippen molar-refractivity contribution >= 4 is 119 Å². The van der Waals surface area contributed by atoms with Crippen LogP contribution < -0.4 is 0 Å². The molecule has 0 saturated heterocycles. The van der Waals surface area contributed by atoms with E-state index in [1.54, 1.807) is 11.8 Å². The molecule has 0 saturated carbocycles. The van der Waals surface area contributed by atoms with Gasteiger partial charge in [0.2, 0.25) is 5.95 Å². The smallest absolute Gasteiger partial charge is 0.235 e. The lowest BCUT2D eigenvalue weighted by Gasteiger charge is -2.22. The number of aromatic nitrogens is 6. The number of fused-ring (bicyclic) bond motifs is 14. The number of benzene rings is 11. The second-order valence-electron chi connectivity index (χ2n) is 22.7. The summed E-state index contributed by atoms with van der Waals surface area (Å²) in [6.07, 6.45) is 7.85. The molecule has 1 aliphatic carbocycles. The number of rotatable bonds is 9. The third-order valence-electron chi connectivity index (χ3n) is 17.2. The predicted molar refractivity (Wildman–Crippen MR) is 371 cm³/mol. The summed E-state index contributed by atoms with van der Waals surface area (Å²) in [5.41, 5.74) is 14.3. The van der Waals surface area contributed by atoms with Crippen molar-refractivity contribution in [3.05, 3.63) is 266 Å². The van der Waals surface area contributed by atoms with E-state index in [0.29, 0.717) is 17.7 Å². The first kappa shape index (κ1) is 52.9. The van der Waals surface area contributed by atoms with E-state index >= 15 is 0 Å². The number of allylic oxidation sites excluding steroid dienone is 4. The number of nitrogens with zero attached hydrogens (tertiary/aromatic N) is 6. The lowest BCUT2D eigenvalue weighted by Crippen LogP contribution is -2.07. The minimum atomic E-state index is 0.391. The number of para-hydroxylation sites is 1. The van der Waals surface area contributed by atoms with E-state index in [9.17, 15) is 0 Å². The van der Waals surface area contributed by atoms with Crippen LogP contribution >= 0.6 is 47.9 Å². The molecule has 15 aromatic rings. The molecule has 0 amide bonds. The molecule has 4 aromatic heterocycles. The standard InChI is InChI=1S/C78H52N6S4/c1-46-21-19-28-52(41-46)61-44-60(48-23-5-3-6-24-48)80-78(81-61)84-64-40-39-51(43-59(64)70-55-31-11-13-33-57(55)74-76(72(70)84)88-67-38-18-17-37-66(67)87-74)50-27-20-29-53(42-50)62-45-68(82-77(79-62)49-25-7-4-8-26-49)83-63-35-15-14-34-58(63)69-54-30-10-12-32-56(54)73(85)75(71(69)83)86-65-36-16-9-22-47(65)2/h3-20,22-46,85H,21H2,1-2H3. The Morgan fingerprint density at radius 3 is 1.85 bits per heavy atom. The van der Waals surface area contributed by atoms with Gasteiger partial charge < -0.3 is 0 Å². The molecule has 1 unspecified atom stereocenters. The Labute approximate surface area is 527 Å². The first-order chi connectivity index (χ1) is 43.4. The molecular formula is C78H52N6S4. The molecule has 0 bridgehead atoms. The van der Waals surface area contributed by atoms with Crippen molar-refractivity contribution in [2.45, 2.75) is 54.5 Å². The largest absolute Gasteiger partial charge is 0.292 e. The Kier molecular flexibility index (Phi) is 12.9. The third kappa shape index (κ3) is 8.83. The lowest BCUT2D eigenvalue weighted by molar-refractivity contribution is 0.739. The SMILES string of the molecule is Cc1ccccc1Sc1c(S)c2ccccc2c2c3ccccc3n(-c3cc(-c4cccc(-c5ccc6c(c5)c5c7ccccc7c7c(c5n6-c5nc(C6=CC(C)CC=C6)cc(-c6ccccc6)n5)Sc5ccccc5S7)c4)nc(-c4ccccc4)n3)c12. The Bertz CT molecular complexity index is 5450. The molecule has 1 aliphatic heterocycles. The molecule has 0 spiro atoms. The normalized spacial score (nSPS) is 13.9. The summed E-state index contributed by atoms with van der Waals surface area (Å²) >= 11 is 10.9. The van der Waals surface area contributed by atoms with Gasteiger partial charge in [-0.2, -0.15) is 0 Å². The van der Waals surface area contributed by atoms with Crippen molar-refractivity contribution in [1.29, 1.82) is 0 Å². The zero-order chi connectivity index (χ0) is 58.6. The van der Waals surface area contributed by atoms with Gasteiger partial charge in [-0.25, -0.2) is 19.9 Å². The number of thiol groups is 1. The second kappa shape index (κ2) is 21.5. The average Bonchev–Trinajstić information content (AvgIpc) is 1.95. The fraction of sp³-hybridized carbons (Fsp3) is 0.0513. The number of hydrogen-bond donors (Lipinski definition) is 1. The number of aryl methyl sites for hydroxylation is 1. The van der Waals surface area contributed by atoms with Gasteiger partial charge in [0, 0.05) is 68.8 Å². The van der Waals surface area contributed by atoms with Gasteiger partial charge >= 0.3 is 0 Å². The topological polar surface area (TPSA) is 61.4 Å². The Hall–Kier alpha value is -9.42. The highest BCUT2D eigenvalue weighted by Crippen LogP contribution is 2.56. The molecule has 6 nitrogen and oxygen atoms in total. The van der Waals surface area contributed by atoms with Gasteiger partial charge in [-0.15, -0.1) is 12.6 Å². The monoisotopic (exact) mass is 1200 g/mol. The summed E-state index contributed by atoms with van der Waals surface area (Å²) in [6.45, 7) is 4.45. The molecule has 17 rings (SSSR count). The molecule has 88 heavy (non-hydrogen) atoms. The van der Waals surface area contributed by atoms with Gasteiger partial charge in [-0.3, -0.25) is 9.13 Å². The lowest BCUT2D eigenvalue weighted by atomic mass is 9.95. The quantitative estimate of drug-likeness (QED) is 0.145. The van der Waals surface area contributed by atoms with Crippen LogP contribution in [-0.4, -0.2) is 29.1 Å². The van der Waals surface area contributed by atoms with E-state index in [2.05, 4.69) is 272 Å². The molecular weight excluding hydrogens is 1150 g/mol. The van der Waals surface area contributed by atoms with E-state index in [1.807, 2.05) is 29.6 Å². The van der Waals surface area contributed by atoms with Crippen LogP contribution in [0.25, 0.3) is 128 Å². The van der Waals surface area contributed by atoms with Crippen molar-refractivity contribution in [3.8, 4) is 56.8 Å². The summed E-state index contributed by atoms with van der Waals surface area (Å²) in [6, 6.07) is 84.7. The van der Waals surface area contributed by atoms with E-state index in [-0.39, 0.29) is 0 Å². The number of hydrogen-bond acceptors (Lipinski definition) is 8. The Morgan fingerprint density at radius 2 is 1.07 bits per heavy atom. The summed E-state index contributed by atoms with van der Waals surface area (Å²) in [5.74, 6) is 2.43. The van der Waals surface area contributed by atoms with Crippen LogP contribution in [0.15, 0.2) is 289 Å².